The van der Waals surface area contributed by atoms with Crippen LogP contribution in [0.15, 0.2) is 23.0 Å². The van der Waals surface area contributed by atoms with Crippen molar-refractivity contribution in [2.45, 2.75) is 13.0 Å². The molecule has 0 spiro atoms. The van der Waals surface area contributed by atoms with Crippen molar-refractivity contribution in [2.24, 2.45) is 5.92 Å². The van der Waals surface area contributed by atoms with Crippen LogP contribution in [-0.2, 0) is 11.3 Å². The van der Waals surface area contributed by atoms with Gasteiger partial charge < -0.3 is 24.7 Å². The number of carbonyl (C=O) groups excluding carboxylic acids is 1. The molecule has 0 unspecified atom stereocenters. The lowest BCUT2D eigenvalue weighted by Crippen LogP contribution is -2.41. The molecule has 2 saturated heterocycles. The molecule has 24 heavy (non-hydrogen) atoms. The molecular formula is C17H28N4O3. The number of furan rings is 1. The first kappa shape index (κ1) is 17.3. The molecule has 3 heterocycles. The van der Waals surface area contributed by atoms with Gasteiger partial charge in [-0.2, -0.15) is 0 Å². The van der Waals surface area contributed by atoms with Crippen LogP contribution in [0, 0.1) is 5.92 Å². The molecule has 2 aliphatic heterocycles. The first-order valence-electron chi connectivity index (χ1n) is 8.85. The summed E-state index contributed by atoms with van der Waals surface area (Å²) in [6, 6.07) is 1.74. The molecule has 134 valence electrons. The Morgan fingerprint density at radius 2 is 2.00 bits per heavy atom. The molecule has 0 aromatic carbocycles. The van der Waals surface area contributed by atoms with Crippen molar-refractivity contribution in [2.75, 3.05) is 59.0 Å². The minimum absolute atomic E-state index is 0.108. The molecular weight excluding hydrogens is 308 g/mol. The van der Waals surface area contributed by atoms with Gasteiger partial charge in [0.15, 0.2) is 0 Å². The topological polar surface area (TPSA) is 70.0 Å². The molecule has 1 aromatic heterocycles. The van der Waals surface area contributed by atoms with Crippen molar-refractivity contribution in [1.29, 1.82) is 0 Å². The molecule has 2 aliphatic rings. The normalized spacial score (nSPS) is 22.6. The van der Waals surface area contributed by atoms with Crippen LogP contribution in [0.4, 0.5) is 4.79 Å². The summed E-state index contributed by atoms with van der Waals surface area (Å²) in [6.45, 7) is 9.51. The number of urea groups is 1. The Balaban J connectivity index is 1.26. The average molecular weight is 336 g/mol. The third kappa shape index (κ3) is 5.51. The summed E-state index contributed by atoms with van der Waals surface area (Å²) in [7, 11) is 0. The van der Waals surface area contributed by atoms with Gasteiger partial charge in [-0.3, -0.25) is 4.90 Å². The highest BCUT2D eigenvalue weighted by Crippen LogP contribution is 2.15. The van der Waals surface area contributed by atoms with Crippen molar-refractivity contribution >= 4 is 6.03 Å². The predicted octanol–water partition coefficient (Wildman–Crippen LogP) is 0.733. The van der Waals surface area contributed by atoms with Crippen molar-refractivity contribution in [1.82, 2.24) is 20.4 Å². The van der Waals surface area contributed by atoms with Crippen molar-refractivity contribution < 1.29 is 13.9 Å². The first-order chi connectivity index (χ1) is 11.8. The number of rotatable bonds is 7. The minimum atomic E-state index is -0.108. The number of amides is 2. The lowest BCUT2D eigenvalue weighted by molar-refractivity contribution is 0.0343. The lowest BCUT2D eigenvalue weighted by atomic mass is 10.1. The zero-order valence-electron chi connectivity index (χ0n) is 14.2. The molecule has 7 heteroatoms. The van der Waals surface area contributed by atoms with E-state index in [1.807, 2.05) is 6.07 Å². The fourth-order valence-electron chi connectivity index (χ4n) is 3.27. The van der Waals surface area contributed by atoms with Crippen LogP contribution < -0.4 is 10.6 Å². The number of morpholine rings is 1. The SMILES string of the molecule is O=C(NCc1ccoc1)NC[C@H]1CCN(CCN2CCOCC2)C1. The molecule has 0 saturated carbocycles. The van der Waals surface area contributed by atoms with Gasteiger partial charge in [-0.05, 0) is 24.9 Å². The summed E-state index contributed by atoms with van der Waals surface area (Å²) < 4.78 is 10.4. The van der Waals surface area contributed by atoms with E-state index in [2.05, 4.69) is 20.4 Å². The summed E-state index contributed by atoms with van der Waals surface area (Å²) >= 11 is 0. The quantitative estimate of drug-likeness (QED) is 0.768. The van der Waals surface area contributed by atoms with E-state index in [1.165, 1.54) is 0 Å². The van der Waals surface area contributed by atoms with Gasteiger partial charge in [0.2, 0.25) is 0 Å². The first-order valence-corrected chi connectivity index (χ1v) is 8.85. The van der Waals surface area contributed by atoms with Gasteiger partial charge in [0.25, 0.3) is 0 Å². The smallest absolute Gasteiger partial charge is 0.315 e. The maximum Gasteiger partial charge on any atom is 0.315 e. The highest BCUT2D eigenvalue weighted by molar-refractivity contribution is 5.73. The van der Waals surface area contributed by atoms with E-state index in [9.17, 15) is 4.79 Å². The highest BCUT2D eigenvalue weighted by Gasteiger charge is 2.23. The molecule has 0 bridgehead atoms. The maximum absolute atomic E-state index is 11.8. The summed E-state index contributed by atoms with van der Waals surface area (Å²) in [4.78, 5) is 16.8. The Labute approximate surface area is 143 Å². The largest absolute Gasteiger partial charge is 0.472 e. The van der Waals surface area contributed by atoms with Crippen LogP contribution in [0.2, 0.25) is 0 Å². The van der Waals surface area contributed by atoms with Gasteiger partial charge in [0, 0.05) is 51.4 Å². The Hall–Kier alpha value is -1.57. The van der Waals surface area contributed by atoms with E-state index in [-0.39, 0.29) is 6.03 Å². The summed E-state index contributed by atoms with van der Waals surface area (Å²) in [5, 5.41) is 5.83. The van der Waals surface area contributed by atoms with E-state index in [0.717, 1.165) is 71.0 Å². The van der Waals surface area contributed by atoms with Gasteiger partial charge in [-0.25, -0.2) is 4.79 Å². The number of carbonyl (C=O) groups is 1. The Morgan fingerprint density at radius 3 is 2.79 bits per heavy atom. The molecule has 2 fully saturated rings. The molecule has 7 nitrogen and oxygen atoms in total. The van der Waals surface area contributed by atoms with Crippen LogP contribution in [0.3, 0.4) is 0 Å². The van der Waals surface area contributed by atoms with Gasteiger partial charge in [0.1, 0.15) is 0 Å². The number of nitrogens with zero attached hydrogens (tertiary/aromatic N) is 2. The van der Waals surface area contributed by atoms with E-state index >= 15 is 0 Å². The fraction of sp³-hybridized carbons (Fsp3) is 0.706. The van der Waals surface area contributed by atoms with Gasteiger partial charge in [-0.15, -0.1) is 0 Å². The van der Waals surface area contributed by atoms with Crippen molar-refractivity contribution in [3.8, 4) is 0 Å². The van der Waals surface area contributed by atoms with E-state index in [1.54, 1.807) is 12.5 Å². The lowest BCUT2D eigenvalue weighted by Gasteiger charge is -2.28. The second kappa shape index (κ2) is 9.05. The van der Waals surface area contributed by atoms with E-state index in [4.69, 9.17) is 9.15 Å². The number of ether oxygens (including phenoxy) is 1. The molecule has 2 N–H and O–H groups in total. The second-order valence-electron chi connectivity index (χ2n) is 6.60. The number of hydrogen-bond acceptors (Lipinski definition) is 5. The van der Waals surface area contributed by atoms with Gasteiger partial charge in [0.05, 0.1) is 25.7 Å². The number of likely N-dealkylation sites (tertiary alicyclic amines) is 1. The van der Waals surface area contributed by atoms with Crippen LogP contribution in [0.25, 0.3) is 0 Å². The Morgan fingerprint density at radius 1 is 1.17 bits per heavy atom. The standard InChI is InChI=1S/C17H28N4O3/c22-17(19-12-16-2-8-24-14-16)18-11-15-1-3-21(13-15)5-4-20-6-9-23-10-7-20/h2,8,14-15H,1,3-7,9-13H2,(H2,18,19,22)/t15-/m1/s1. The minimum Gasteiger partial charge on any atom is -0.472 e. The maximum atomic E-state index is 11.8. The molecule has 3 rings (SSSR count). The number of nitrogens with one attached hydrogen (secondary N) is 2. The third-order valence-electron chi connectivity index (χ3n) is 4.79. The zero-order chi connectivity index (χ0) is 16.6. The summed E-state index contributed by atoms with van der Waals surface area (Å²) in [5.41, 5.74) is 0.973. The Bertz CT molecular complexity index is 488. The average Bonchev–Trinajstić information content (AvgIpc) is 3.29. The fourth-order valence-corrected chi connectivity index (χ4v) is 3.27. The van der Waals surface area contributed by atoms with E-state index in [0.29, 0.717) is 12.5 Å². The molecule has 1 atom stereocenters. The monoisotopic (exact) mass is 336 g/mol. The zero-order valence-corrected chi connectivity index (χ0v) is 14.2. The summed E-state index contributed by atoms with van der Waals surface area (Å²) in [6.07, 6.45) is 4.41. The highest BCUT2D eigenvalue weighted by atomic mass is 16.5. The van der Waals surface area contributed by atoms with Gasteiger partial charge in [-0.1, -0.05) is 0 Å². The van der Waals surface area contributed by atoms with Crippen LogP contribution in [0.1, 0.15) is 12.0 Å². The van der Waals surface area contributed by atoms with Crippen molar-refractivity contribution in [3.63, 3.8) is 0 Å². The van der Waals surface area contributed by atoms with Gasteiger partial charge >= 0.3 is 6.03 Å². The molecule has 0 radical (unpaired) electrons. The Kier molecular flexibility index (Phi) is 6.51. The molecule has 0 aliphatic carbocycles. The third-order valence-corrected chi connectivity index (χ3v) is 4.79. The van der Waals surface area contributed by atoms with Crippen LogP contribution >= 0.6 is 0 Å². The van der Waals surface area contributed by atoms with Crippen LogP contribution in [0.5, 0.6) is 0 Å². The molecule has 2 amide bonds. The van der Waals surface area contributed by atoms with Crippen LogP contribution in [-0.4, -0.2) is 74.9 Å². The number of hydrogen-bond donors (Lipinski definition) is 2. The predicted molar refractivity (Wildman–Crippen MR) is 90.8 cm³/mol. The summed E-state index contributed by atoms with van der Waals surface area (Å²) in [5.74, 6) is 0.550. The van der Waals surface area contributed by atoms with E-state index < -0.39 is 0 Å². The molecule has 1 aromatic rings. The second-order valence-corrected chi connectivity index (χ2v) is 6.60. The van der Waals surface area contributed by atoms with Crippen molar-refractivity contribution in [3.05, 3.63) is 24.2 Å².